The summed E-state index contributed by atoms with van der Waals surface area (Å²) in [4.78, 5) is 30.4. The molecule has 0 bridgehead atoms. The molecule has 0 atom stereocenters. The van der Waals surface area contributed by atoms with Gasteiger partial charge >= 0.3 is 0 Å². The van der Waals surface area contributed by atoms with E-state index in [-0.39, 0.29) is 11.8 Å². The number of benzene rings is 1. The molecule has 166 valence electrons. The lowest BCUT2D eigenvalue weighted by atomic mass is 10.2. The van der Waals surface area contributed by atoms with E-state index in [2.05, 4.69) is 20.5 Å². The Morgan fingerprint density at radius 3 is 2.45 bits per heavy atom. The van der Waals surface area contributed by atoms with Gasteiger partial charge in [0.2, 0.25) is 5.91 Å². The zero-order chi connectivity index (χ0) is 22.2. The highest BCUT2D eigenvalue weighted by molar-refractivity contribution is 6.06. The van der Waals surface area contributed by atoms with Crippen molar-refractivity contribution in [2.75, 3.05) is 55.1 Å². The number of nitrogens with one attached hydrogen (secondary N) is 2. The molecule has 31 heavy (non-hydrogen) atoms. The van der Waals surface area contributed by atoms with Crippen molar-refractivity contribution < 1.29 is 23.8 Å². The molecule has 1 aromatic heterocycles. The van der Waals surface area contributed by atoms with Gasteiger partial charge in [0.1, 0.15) is 17.3 Å². The van der Waals surface area contributed by atoms with Gasteiger partial charge in [0.25, 0.3) is 5.91 Å². The predicted molar refractivity (Wildman–Crippen MR) is 118 cm³/mol. The lowest BCUT2D eigenvalue weighted by molar-refractivity contribution is -0.114. The van der Waals surface area contributed by atoms with E-state index >= 15 is 0 Å². The molecule has 1 aromatic carbocycles. The fraction of sp³-hybridized carbons (Fsp3) is 0.409. The van der Waals surface area contributed by atoms with Crippen LogP contribution in [0.25, 0.3) is 0 Å². The van der Waals surface area contributed by atoms with E-state index in [9.17, 15) is 9.59 Å². The minimum atomic E-state index is -0.350. The Bertz CT molecular complexity index is 928. The number of aromatic nitrogens is 1. The Morgan fingerprint density at radius 1 is 1.06 bits per heavy atom. The Labute approximate surface area is 181 Å². The minimum absolute atomic E-state index is 0.260. The van der Waals surface area contributed by atoms with Crippen LogP contribution in [-0.2, 0) is 9.53 Å². The zero-order valence-corrected chi connectivity index (χ0v) is 18.1. The standard InChI is InChI=1S/C22H28N4O5/c1-4-30-19-14-18(26-8-10-29-11-9-26)20(31-5-2)13-17(19)25-22(28)16-6-7-23-21(12-16)24-15(3)27/h6-7,12-14H,4-5,8-11H2,1-3H3,(H,25,28)(H,23,24,27). The number of anilines is 3. The first-order valence-corrected chi connectivity index (χ1v) is 10.3. The molecule has 2 aromatic rings. The quantitative estimate of drug-likeness (QED) is 0.666. The van der Waals surface area contributed by atoms with Crippen LogP contribution in [0, 0.1) is 0 Å². The van der Waals surface area contributed by atoms with Crippen molar-refractivity contribution in [2.45, 2.75) is 20.8 Å². The second kappa shape index (κ2) is 10.6. The molecular weight excluding hydrogens is 400 g/mol. The lowest BCUT2D eigenvalue weighted by Crippen LogP contribution is -2.36. The van der Waals surface area contributed by atoms with Crippen molar-refractivity contribution in [3.05, 3.63) is 36.0 Å². The first kappa shape index (κ1) is 22.4. The van der Waals surface area contributed by atoms with Crippen LogP contribution >= 0.6 is 0 Å². The van der Waals surface area contributed by atoms with Crippen LogP contribution in [-0.4, -0.2) is 56.3 Å². The molecule has 1 aliphatic rings. The zero-order valence-electron chi connectivity index (χ0n) is 18.1. The van der Waals surface area contributed by atoms with Crippen molar-refractivity contribution in [3.8, 4) is 11.5 Å². The van der Waals surface area contributed by atoms with Crippen molar-refractivity contribution in [1.29, 1.82) is 0 Å². The third-order valence-corrected chi connectivity index (χ3v) is 4.59. The van der Waals surface area contributed by atoms with Gasteiger partial charge in [0.15, 0.2) is 0 Å². The summed E-state index contributed by atoms with van der Waals surface area (Å²) >= 11 is 0. The van der Waals surface area contributed by atoms with Crippen LogP contribution in [0.5, 0.6) is 11.5 Å². The largest absolute Gasteiger partial charge is 0.492 e. The maximum atomic E-state index is 12.9. The number of rotatable bonds is 8. The van der Waals surface area contributed by atoms with Crippen molar-refractivity contribution >= 4 is 29.0 Å². The number of amides is 2. The number of carbonyl (C=O) groups excluding carboxylic acids is 2. The second-order valence-electron chi connectivity index (χ2n) is 6.85. The summed E-state index contributed by atoms with van der Waals surface area (Å²) in [6.45, 7) is 8.91. The smallest absolute Gasteiger partial charge is 0.255 e. The monoisotopic (exact) mass is 428 g/mol. The van der Waals surface area contributed by atoms with E-state index in [0.717, 1.165) is 18.8 Å². The third kappa shape index (κ3) is 5.85. The molecule has 0 radical (unpaired) electrons. The fourth-order valence-electron chi connectivity index (χ4n) is 3.26. The summed E-state index contributed by atoms with van der Waals surface area (Å²) in [6, 6.07) is 6.77. The maximum absolute atomic E-state index is 12.9. The number of ether oxygens (including phenoxy) is 3. The first-order valence-electron chi connectivity index (χ1n) is 10.3. The van der Waals surface area contributed by atoms with E-state index in [4.69, 9.17) is 14.2 Å². The van der Waals surface area contributed by atoms with Crippen LogP contribution in [0.2, 0.25) is 0 Å². The molecule has 9 nitrogen and oxygen atoms in total. The van der Waals surface area contributed by atoms with Gasteiger partial charge in [-0.05, 0) is 26.0 Å². The Morgan fingerprint density at radius 2 is 1.77 bits per heavy atom. The molecule has 3 rings (SSSR count). The fourth-order valence-corrected chi connectivity index (χ4v) is 3.26. The molecule has 9 heteroatoms. The number of hydrogen-bond donors (Lipinski definition) is 2. The van der Waals surface area contributed by atoms with Crippen LogP contribution < -0.4 is 25.0 Å². The van der Waals surface area contributed by atoms with Gasteiger partial charge < -0.3 is 29.7 Å². The molecule has 2 amide bonds. The normalized spacial score (nSPS) is 13.5. The molecule has 0 unspecified atom stereocenters. The number of morpholine rings is 1. The molecule has 0 aliphatic carbocycles. The molecular formula is C22H28N4O5. The van der Waals surface area contributed by atoms with Gasteiger partial charge in [-0.3, -0.25) is 9.59 Å². The average molecular weight is 428 g/mol. The Kier molecular flexibility index (Phi) is 7.66. The van der Waals surface area contributed by atoms with Gasteiger partial charge in [0, 0.05) is 43.9 Å². The van der Waals surface area contributed by atoms with E-state index in [1.54, 1.807) is 12.1 Å². The summed E-state index contributed by atoms with van der Waals surface area (Å²) in [5.41, 5.74) is 1.77. The second-order valence-corrected chi connectivity index (χ2v) is 6.85. The summed E-state index contributed by atoms with van der Waals surface area (Å²) in [6.07, 6.45) is 1.47. The lowest BCUT2D eigenvalue weighted by Gasteiger charge is -2.31. The van der Waals surface area contributed by atoms with Crippen LogP contribution in [0.1, 0.15) is 31.1 Å². The van der Waals surface area contributed by atoms with E-state index in [1.165, 1.54) is 19.2 Å². The predicted octanol–water partition coefficient (Wildman–Crippen LogP) is 2.93. The molecule has 1 fully saturated rings. The number of hydrogen-bond acceptors (Lipinski definition) is 7. The SMILES string of the molecule is CCOc1cc(N2CCOCC2)c(OCC)cc1NC(=O)c1ccnc(NC(C)=O)c1. The van der Waals surface area contributed by atoms with Crippen molar-refractivity contribution in [2.24, 2.45) is 0 Å². The number of carbonyl (C=O) groups is 2. The highest BCUT2D eigenvalue weighted by Gasteiger charge is 2.21. The Hall–Kier alpha value is -3.33. The topological polar surface area (TPSA) is 102 Å². The summed E-state index contributed by atoms with van der Waals surface area (Å²) in [5.74, 6) is 0.914. The van der Waals surface area contributed by atoms with Crippen molar-refractivity contribution in [3.63, 3.8) is 0 Å². The van der Waals surface area contributed by atoms with Gasteiger partial charge in [-0.2, -0.15) is 0 Å². The van der Waals surface area contributed by atoms with Crippen LogP contribution in [0.15, 0.2) is 30.5 Å². The average Bonchev–Trinajstić information content (AvgIpc) is 2.76. The maximum Gasteiger partial charge on any atom is 0.255 e. The van der Waals surface area contributed by atoms with E-state index in [1.807, 2.05) is 19.9 Å². The molecule has 2 heterocycles. The van der Waals surface area contributed by atoms with Gasteiger partial charge in [0.05, 0.1) is 37.8 Å². The summed E-state index contributed by atoms with van der Waals surface area (Å²) in [5, 5.41) is 5.47. The highest BCUT2D eigenvalue weighted by Crippen LogP contribution is 2.39. The highest BCUT2D eigenvalue weighted by atomic mass is 16.5. The summed E-state index contributed by atoms with van der Waals surface area (Å²) in [7, 11) is 0. The molecule has 2 N–H and O–H groups in total. The third-order valence-electron chi connectivity index (χ3n) is 4.59. The van der Waals surface area contributed by atoms with Crippen molar-refractivity contribution in [1.82, 2.24) is 4.98 Å². The van der Waals surface area contributed by atoms with Gasteiger partial charge in [-0.15, -0.1) is 0 Å². The van der Waals surface area contributed by atoms with Crippen LogP contribution in [0.4, 0.5) is 17.2 Å². The first-order chi connectivity index (χ1) is 15.0. The minimum Gasteiger partial charge on any atom is -0.492 e. The molecule has 1 saturated heterocycles. The number of nitrogens with zero attached hydrogens (tertiary/aromatic N) is 2. The van der Waals surface area contributed by atoms with E-state index < -0.39 is 0 Å². The number of pyridine rings is 1. The van der Waals surface area contributed by atoms with Gasteiger partial charge in [-0.1, -0.05) is 0 Å². The summed E-state index contributed by atoms with van der Waals surface area (Å²) < 4.78 is 17.1. The molecule has 0 saturated carbocycles. The van der Waals surface area contributed by atoms with Gasteiger partial charge in [-0.25, -0.2) is 4.98 Å². The Balaban J connectivity index is 1.91. The van der Waals surface area contributed by atoms with E-state index in [0.29, 0.717) is 55.0 Å². The molecule has 0 spiro atoms. The molecule has 1 aliphatic heterocycles. The van der Waals surface area contributed by atoms with Crippen LogP contribution in [0.3, 0.4) is 0 Å².